The van der Waals surface area contributed by atoms with Crippen molar-refractivity contribution in [2.45, 2.75) is 6.04 Å². The summed E-state index contributed by atoms with van der Waals surface area (Å²) in [6.07, 6.45) is 0. The molecule has 0 spiro atoms. The van der Waals surface area contributed by atoms with Crippen LogP contribution < -0.4 is 15.8 Å². The Kier molecular flexibility index (Phi) is 4.36. The van der Waals surface area contributed by atoms with Gasteiger partial charge in [-0.2, -0.15) is 0 Å². The van der Waals surface area contributed by atoms with Crippen LogP contribution in [0, 0.1) is 0 Å². The summed E-state index contributed by atoms with van der Waals surface area (Å²) < 4.78 is 5.16. The minimum absolute atomic E-state index is 0.0513. The van der Waals surface area contributed by atoms with E-state index in [1.54, 1.807) is 7.11 Å². The second-order valence-electron chi connectivity index (χ2n) is 4.13. The summed E-state index contributed by atoms with van der Waals surface area (Å²) in [5.74, 6) is 0.825. The van der Waals surface area contributed by atoms with Gasteiger partial charge in [0.2, 0.25) is 0 Å². The number of methoxy groups -OCH3 is 1. The van der Waals surface area contributed by atoms with Crippen LogP contribution in [0.4, 0.5) is 0 Å². The average Bonchev–Trinajstić information content (AvgIpc) is 2.46. The first-order valence-electron chi connectivity index (χ1n) is 5.95. The van der Waals surface area contributed by atoms with E-state index in [1.807, 2.05) is 54.6 Å². The Morgan fingerprint density at radius 2 is 1.63 bits per heavy atom. The second kappa shape index (κ2) is 6.20. The van der Waals surface area contributed by atoms with E-state index < -0.39 is 0 Å². The SMILES string of the molecule is COc1ccc(C(NC(N)=S)c2ccccc2)cc1. The normalized spacial score (nSPS) is 11.6. The maximum Gasteiger partial charge on any atom is 0.164 e. The van der Waals surface area contributed by atoms with Gasteiger partial charge in [-0.1, -0.05) is 42.5 Å². The van der Waals surface area contributed by atoms with Crippen molar-refractivity contribution in [2.75, 3.05) is 7.11 Å². The topological polar surface area (TPSA) is 47.3 Å². The Morgan fingerprint density at radius 1 is 1.05 bits per heavy atom. The van der Waals surface area contributed by atoms with Gasteiger partial charge < -0.3 is 15.8 Å². The predicted molar refractivity (Wildman–Crippen MR) is 81.2 cm³/mol. The third kappa shape index (κ3) is 3.45. The highest BCUT2D eigenvalue weighted by atomic mass is 32.1. The van der Waals surface area contributed by atoms with E-state index in [0.29, 0.717) is 0 Å². The molecule has 3 nitrogen and oxygen atoms in total. The molecule has 19 heavy (non-hydrogen) atoms. The second-order valence-corrected chi connectivity index (χ2v) is 4.57. The highest BCUT2D eigenvalue weighted by molar-refractivity contribution is 7.80. The molecule has 0 aliphatic rings. The molecule has 0 radical (unpaired) electrons. The quantitative estimate of drug-likeness (QED) is 0.840. The van der Waals surface area contributed by atoms with Gasteiger partial charge in [0.15, 0.2) is 5.11 Å². The first kappa shape index (κ1) is 13.4. The number of ether oxygens (including phenoxy) is 1. The van der Waals surface area contributed by atoms with Gasteiger partial charge in [0.05, 0.1) is 13.2 Å². The van der Waals surface area contributed by atoms with Crippen LogP contribution in [0.25, 0.3) is 0 Å². The van der Waals surface area contributed by atoms with Crippen LogP contribution in [0.2, 0.25) is 0 Å². The fraction of sp³-hybridized carbons (Fsp3) is 0.133. The highest BCUT2D eigenvalue weighted by Gasteiger charge is 2.13. The molecule has 0 bridgehead atoms. The molecule has 0 aliphatic heterocycles. The van der Waals surface area contributed by atoms with Gasteiger partial charge in [0, 0.05) is 0 Å². The van der Waals surface area contributed by atoms with Crippen LogP contribution in [0.15, 0.2) is 54.6 Å². The molecule has 98 valence electrons. The van der Waals surface area contributed by atoms with Gasteiger partial charge in [0.1, 0.15) is 5.75 Å². The first-order chi connectivity index (χ1) is 9.20. The lowest BCUT2D eigenvalue weighted by atomic mass is 9.99. The molecule has 3 N–H and O–H groups in total. The van der Waals surface area contributed by atoms with E-state index in [9.17, 15) is 0 Å². The van der Waals surface area contributed by atoms with E-state index in [2.05, 4.69) is 5.32 Å². The number of thiocarbonyl (C=S) groups is 1. The number of nitrogens with two attached hydrogens (primary N) is 1. The standard InChI is InChI=1S/C15H16N2OS/c1-18-13-9-7-12(8-10-13)14(17-15(16)19)11-5-3-2-4-6-11/h2-10,14H,1H3,(H3,16,17,19). The van der Waals surface area contributed by atoms with Gasteiger partial charge in [-0.15, -0.1) is 0 Å². The lowest BCUT2D eigenvalue weighted by Gasteiger charge is -2.20. The zero-order chi connectivity index (χ0) is 13.7. The van der Waals surface area contributed by atoms with E-state index >= 15 is 0 Å². The van der Waals surface area contributed by atoms with Crippen molar-refractivity contribution in [1.29, 1.82) is 0 Å². The van der Waals surface area contributed by atoms with Crippen molar-refractivity contribution < 1.29 is 4.74 Å². The Balaban J connectivity index is 2.34. The van der Waals surface area contributed by atoms with E-state index in [0.717, 1.165) is 16.9 Å². The molecule has 0 amide bonds. The van der Waals surface area contributed by atoms with Crippen molar-refractivity contribution in [3.05, 3.63) is 65.7 Å². The molecule has 2 rings (SSSR count). The minimum Gasteiger partial charge on any atom is -0.497 e. The molecular weight excluding hydrogens is 256 g/mol. The van der Waals surface area contributed by atoms with E-state index in [4.69, 9.17) is 22.7 Å². The summed E-state index contributed by atoms with van der Waals surface area (Å²) in [6, 6.07) is 17.8. The van der Waals surface area contributed by atoms with E-state index in [1.165, 1.54) is 0 Å². The van der Waals surface area contributed by atoms with Gasteiger partial charge in [-0.05, 0) is 35.5 Å². The zero-order valence-corrected chi connectivity index (χ0v) is 11.5. The van der Waals surface area contributed by atoms with Crippen LogP contribution in [0.3, 0.4) is 0 Å². The summed E-state index contributed by atoms with van der Waals surface area (Å²) in [5, 5.41) is 3.40. The fourth-order valence-electron chi connectivity index (χ4n) is 1.94. The summed E-state index contributed by atoms with van der Waals surface area (Å²) in [5.41, 5.74) is 7.81. The molecule has 2 aromatic rings. The zero-order valence-electron chi connectivity index (χ0n) is 10.7. The van der Waals surface area contributed by atoms with Gasteiger partial charge in [-0.25, -0.2) is 0 Å². The molecule has 2 aromatic carbocycles. The molecule has 0 saturated heterocycles. The van der Waals surface area contributed by atoms with Crippen LogP contribution in [-0.2, 0) is 0 Å². The minimum atomic E-state index is -0.0513. The maximum atomic E-state index is 5.62. The molecule has 0 aromatic heterocycles. The molecule has 0 heterocycles. The molecule has 4 heteroatoms. The monoisotopic (exact) mass is 272 g/mol. The van der Waals surface area contributed by atoms with Gasteiger partial charge in [0.25, 0.3) is 0 Å². The summed E-state index contributed by atoms with van der Waals surface area (Å²) in [7, 11) is 1.65. The third-order valence-electron chi connectivity index (χ3n) is 2.87. The number of hydrogen-bond donors (Lipinski definition) is 2. The third-order valence-corrected chi connectivity index (χ3v) is 2.99. The first-order valence-corrected chi connectivity index (χ1v) is 6.36. The fourth-order valence-corrected chi connectivity index (χ4v) is 2.06. The van der Waals surface area contributed by atoms with Crippen LogP contribution in [0.5, 0.6) is 5.75 Å². The molecular formula is C15H16N2OS. The van der Waals surface area contributed by atoms with Crippen molar-refractivity contribution in [2.24, 2.45) is 5.73 Å². The number of nitrogens with one attached hydrogen (secondary N) is 1. The molecule has 0 fully saturated rings. The molecule has 0 saturated carbocycles. The van der Waals surface area contributed by atoms with Crippen molar-refractivity contribution >= 4 is 17.3 Å². The largest absolute Gasteiger partial charge is 0.497 e. The number of hydrogen-bond acceptors (Lipinski definition) is 2. The van der Waals surface area contributed by atoms with Crippen LogP contribution in [-0.4, -0.2) is 12.2 Å². The summed E-state index contributed by atoms with van der Waals surface area (Å²) in [4.78, 5) is 0. The van der Waals surface area contributed by atoms with Gasteiger partial charge in [-0.3, -0.25) is 0 Å². The number of rotatable bonds is 4. The summed E-state index contributed by atoms with van der Waals surface area (Å²) >= 11 is 4.96. The average molecular weight is 272 g/mol. The van der Waals surface area contributed by atoms with Gasteiger partial charge >= 0.3 is 0 Å². The maximum absolute atomic E-state index is 5.62. The Morgan fingerprint density at radius 3 is 2.16 bits per heavy atom. The smallest absolute Gasteiger partial charge is 0.164 e. The van der Waals surface area contributed by atoms with E-state index in [-0.39, 0.29) is 11.2 Å². The highest BCUT2D eigenvalue weighted by Crippen LogP contribution is 2.23. The lowest BCUT2D eigenvalue weighted by Crippen LogP contribution is -2.33. The Labute approximate surface area is 118 Å². The predicted octanol–water partition coefficient (Wildman–Crippen LogP) is 2.62. The molecule has 1 unspecified atom stereocenters. The lowest BCUT2D eigenvalue weighted by molar-refractivity contribution is 0.414. The van der Waals surface area contributed by atoms with Crippen molar-refractivity contribution in [3.63, 3.8) is 0 Å². The van der Waals surface area contributed by atoms with Crippen LogP contribution >= 0.6 is 12.2 Å². The Bertz CT molecular complexity index is 540. The van der Waals surface area contributed by atoms with Crippen molar-refractivity contribution in [3.8, 4) is 5.75 Å². The van der Waals surface area contributed by atoms with Crippen molar-refractivity contribution in [1.82, 2.24) is 5.32 Å². The Hall–Kier alpha value is -2.07. The molecule has 1 atom stereocenters. The molecule has 0 aliphatic carbocycles. The summed E-state index contributed by atoms with van der Waals surface area (Å²) in [6.45, 7) is 0. The number of benzene rings is 2. The van der Waals surface area contributed by atoms with Crippen LogP contribution in [0.1, 0.15) is 17.2 Å².